The molecular formula is C17H15Br2Cl2N3OS. The number of thiocarbonyl (C=S) groups is 1. The van der Waals surface area contributed by atoms with E-state index in [1.165, 1.54) is 0 Å². The molecule has 2 aromatic carbocycles. The minimum absolute atomic E-state index is 0.319. The van der Waals surface area contributed by atoms with Crippen molar-refractivity contribution in [2.45, 2.75) is 13.5 Å². The third kappa shape index (κ3) is 6.39. The molecule has 2 N–H and O–H groups in total. The van der Waals surface area contributed by atoms with E-state index in [1.54, 1.807) is 18.3 Å². The molecule has 0 aliphatic carbocycles. The van der Waals surface area contributed by atoms with Crippen molar-refractivity contribution >= 4 is 78.6 Å². The number of hydrogen-bond acceptors (Lipinski definition) is 3. The van der Waals surface area contributed by atoms with Gasteiger partial charge in [0, 0.05) is 22.2 Å². The fraction of sp³-hybridized carbons (Fsp3) is 0.176. The zero-order valence-electron chi connectivity index (χ0n) is 13.7. The molecule has 0 radical (unpaired) electrons. The molecule has 0 bridgehead atoms. The first-order valence-electron chi connectivity index (χ1n) is 7.53. The quantitative estimate of drug-likeness (QED) is 0.272. The largest absolute Gasteiger partial charge is 0.486 e. The van der Waals surface area contributed by atoms with Gasteiger partial charge >= 0.3 is 0 Å². The second kappa shape index (κ2) is 10.5. The van der Waals surface area contributed by atoms with Crippen LogP contribution in [-0.2, 0) is 6.61 Å². The summed E-state index contributed by atoms with van der Waals surface area (Å²) in [4.78, 5) is 0. The Hall–Kier alpha value is -0.860. The van der Waals surface area contributed by atoms with Crippen molar-refractivity contribution in [2.24, 2.45) is 5.10 Å². The SMILES string of the molecule is CCNC(=S)N/N=C\c1cc(Br)c(OCc2ccc(Cl)cc2Cl)c(Br)c1. The second-order valence-corrected chi connectivity index (χ2v) is 8.03. The molecule has 0 saturated carbocycles. The summed E-state index contributed by atoms with van der Waals surface area (Å²) < 4.78 is 7.46. The molecule has 0 unspecified atom stereocenters. The molecular weight excluding hydrogens is 525 g/mol. The predicted octanol–water partition coefficient (Wildman–Crippen LogP) is 5.92. The third-order valence-corrected chi connectivity index (χ3v) is 5.13. The standard InChI is InChI=1S/C17H15Br2Cl2N3OS/c1-2-22-17(26)24-23-8-10-5-13(18)16(14(19)6-10)25-9-11-3-4-12(20)7-15(11)21/h3-8H,2,9H2,1H3,(H2,22,24,26)/b23-8-. The average Bonchev–Trinajstić information content (AvgIpc) is 2.56. The zero-order valence-corrected chi connectivity index (χ0v) is 19.2. The normalized spacial score (nSPS) is 10.8. The minimum atomic E-state index is 0.319. The predicted molar refractivity (Wildman–Crippen MR) is 120 cm³/mol. The number of nitrogens with one attached hydrogen (secondary N) is 2. The highest BCUT2D eigenvalue weighted by Gasteiger charge is 2.10. The van der Waals surface area contributed by atoms with E-state index >= 15 is 0 Å². The fourth-order valence-corrected chi connectivity index (χ4v) is 4.06. The van der Waals surface area contributed by atoms with Gasteiger partial charge in [-0.3, -0.25) is 5.43 Å². The Kier molecular flexibility index (Phi) is 8.63. The topological polar surface area (TPSA) is 45.7 Å². The second-order valence-electron chi connectivity index (χ2n) is 5.07. The monoisotopic (exact) mass is 537 g/mol. The summed E-state index contributed by atoms with van der Waals surface area (Å²) in [6.07, 6.45) is 1.67. The fourth-order valence-electron chi connectivity index (χ4n) is 1.95. The van der Waals surface area contributed by atoms with Crippen molar-refractivity contribution in [1.82, 2.24) is 10.7 Å². The molecule has 0 saturated heterocycles. The number of nitrogens with zero attached hydrogens (tertiary/aromatic N) is 1. The van der Waals surface area contributed by atoms with Crippen molar-refractivity contribution in [2.75, 3.05) is 6.54 Å². The van der Waals surface area contributed by atoms with E-state index in [0.29, 0.717) is 27.5 Å². The van der Waals surface area contributed by atoms with Crippen LogP contribution in [-0.4, -0.2) is 17.9 Å². The van der Waals surface area contributed by atoms with Crippen LogP contribution in [0.1, 0.15) is 18.1 Å². The minimum Gasteiger partial charge on any atom is -0.486 e. The molecule has 0 spiro atoms. The first-order chi connectivity index (χ1) is 12.4. The first kappa shape index (κ1) is 21.4. The summed E-state index contributed by atoms with van der Waals surface area (Å²) in [6, 6.07) is 9.10. The zero-order chi connectivity index (χ0) is 19.1. The summed E-state index contributed by atoms with van der Waals surface area (Å²) in [5.74, 6) is 0.671. The number of halogens is 4. The van der Waals surface area contributed by atoms with Gasteiger partial charge in [0.25, 0.3) is 0 Å². The molecule has 9 heteroatoms. The van der Waals surface area contributed by atoms with Gasteiger partial charge < -0.3 is 10.1 Å². The summed E-state index contributed by atoms with van der Waals surface area (Å²) >= 11 is 24.2. The van der Waals surface area contributed by atoms with E-state index in [1.807, 2.05) is 25.1 Å². The molecule has 138 valence electrons. The molecule has 0 amide bonds. The van der Waals surface area contributed by atoms with Crippen LogP contribution in [0.15, 0.2) is 44.4 Å². The lowest BCUT2D eigenvalue weighted by atomic mass is 10.2. The smallest absolute Gasteiger partial charge is 0.186 e. The lowest BCUT2D eigenvalue weighted by Crippen LogP contribution is -2.31. The van der Waals surface area contributed by atoms with Crippen LogP contribution in [0.3, 0.4) is 0 Å². The lowest BCUT2D eigenvalue weighted by molar-refractivity contribution is 0.302. The molecule has 0 aliphatic heterocycles. The summed E-state index contributed by atoms with van der Waals surface area (Å²) in [7, 11) is 0. The van der Waals surface area contributed by atoms with E-state index in [0.717, 1.165) is 26.6 Å². The summed E-state index contributed by atoms with van der Waals surface area (Å²) in [5.41, 5.74) is 4.46. The van der Waals surface area contributed by atoms with E-state index in [2.05, 4.69) is 47.7 Å². The highest BCUT2D eigenvalue weighted by molar-refractivity contribution is 9.11. The lowest BCUT2D eigenvalue weighted by Gasteiger charge is -2.12. The number of hydrogen-bond donors (Lipinski definition) is 2. The molecule has 26 heavy (non-hydrogen) atoms. The van der Waals surface area contributed by atoms with Gasteiger partial charge in [-0.05, 0) is 80.8 Å². The van der Waals surface area contributed by atoms with Crippen LogP contribution >= 0.6 is 67.3 Å². The molecule has 2 aromatic rings. The highest BCUT2D eigenvalue weighted by atomic mass is 79.9. The van der Waals surface area contributed by atoms with Gasteiger partial charge in [-0.2, -0.15) is 5.10 Å². The third-order valence-electron chi connectivity index (χ3n) is 3.12. The van der Waals surface area contributed by atoms with Crippen LogP contribution < -0.4 is 15.5 Å². The maximum atomic E-state index is 6.18. The Morgan fingerprint density at radius 2 is 1.92 bits per heavy atom. The summed E-state index contributed by atoms with van der Waals surface area (Å²) in [6.45, 7) is 3.02. The average molecular weight is 540 g/mol. The molecule has 0 fully saturated rings. The first-order valence-corrected chi connectivity index (χ1v) is 10.3. The van der Waals surface area contributed by atoms with Crippen LogP contribution in [0.5, 0.6) is 5.75 Å². The van der Waals surface area contributed by atoms with Crippen molar-refractivity contribution in [3.8, 4) is 5.75 Å². The molecule has 0 atom stereocenters. The van der Waals surface area contributed by atoms with E-state index in [4.69, 9.17) is 40.2 Å². The highest BCUT2D eigenvalue weighted by Crippen LogP contribution is 2.35. The van der Waals surface area contributed by atoms with Gasteiger partial charge in [-0.25, -0.2) is 0 Å². The van der Waals surface area contributed by atoms with Gasteiger partial charge in [0.2, 0.25) is 0 Å². The van der Waals surface area contributed by atoms with Crippen LogP contribution in [0.2, 0.25) is 10.0 Å². The van der Waals surface area contributed by atoms with Crippen molar-refractivity contribution in [1.29, 1.82) is 0 Å². The van der Waals surface area contributed by atoms with Gasteiger partial charge in [0.15, 0.2) is 5.11 Å². The van der Waals surface area contributed by atoms with Gasteiger partial charge in [-0.15, -0.1) is 0 Å². The van der Waals surface area contributed by atoms with Crippen molar-refractivity contribution in [3.63, 3.8) is 0 Å². The summed E-state index contributed by atoms with van der Waals surface area (Å²) in [5, 5.41) is 8.68. The van der Waals surface area contributed by atoms with E-state index < -0.39 is 0 Å². The van der Waals surface area contributed by atoms with Gasteiger partial charge in [0.05, 0.1) is 15.2 Å². The Labute approximate surface area is 184 Å². The number of hydrazone groups is 1. The molecule has 2 rings (SSSR count). The number of ether oxygens (including phenoxy) is 1. The Bertz CT molecular complexity index is 811. The number of rotatable bonds is 6. The van der Waals surface area contributed by atoms with Crippen LogP contribution in [0.25, 0.3) is 0 Å². The van der Waals surface area contributed by atoms with E-state index in [9.17, 15) is 0 Å². The molecule has 0 heterocycles. The molecule has 0 aromatic heterocycles. The van der Waals surface area contributed by atoms with Crippen molar-refractivity contribution in [3.05, 3.63) is 60.4 Å². The Morgan fingerprint density at radius 3 is 2.54 bits per heavy atom. The van der Waals surface area contributed by atoms with Gasteiger partial charge in [-0.1, -0.05) is 29.3 Å². The molecule has 0 aliphatic rings. The Morgan fingerprint density at radius 1 is 1.23 bits per heavy atom. The number of benzene rings is 2. The Balaban J connectivity index is 2.06. The van der Waals surface area contributed by atoms with Crippen LogP contribution in [0.4, 0.5) is 0 Å². The van der Waals surface area contributed by atoms with E-state index in [-0.39, 0.29) is 0 Å². The maximum absolute atomic E-state index is 6.18. The van der Waals surface area contributed by atoms with Crippen LogP contribution in [0, 0.1) is 0 Å². The van der Waals surface area contributed by atoms with Gasteiger partial charge in [0.1, 0.15) is 12.4 Å². The molecule has 4 nitrogen and oxygen atoms in total. The maximum Gasteiger partial charge on any atom is 0.186 e. The van der Waals surface area contributed by atoms with Crippen molar-refractivity contribution < 1.29 is 4.74 Å².